The molecule has 0 aromatic heterocycles. The van der Waals surface area contributed by atoms with Crippen molar-refractivity contribution in [2.24, 2.45) is 0 Å². The van der Waals surface area contributed by atoms with Gasteiger partial charge in [-0.3, -0.25) is 0 Å². The summed E-state index contributed by atoms with van der Waals surface area (Å²) in [5.41, 5.74) is 1.33. The van der Waals surface area contributed by atoms with Crippen LogP contribution in [0.5, 0.6) is 0 Å². The largest absolute Gasteiger partial charge is 0.392 e. The highest BCUT2D eigenvalue weighted by atomic mass is 127. The van der Waals surface area contributed by atoms with Gasteiger partial charge in [-0.05, 0) is 47.1 Å². The average molecular weight is 302 g/mol. The molecule has 0 amide bonds. The van der Waals surface area contributed by atoms with Gasteiger partial charge in [-0.25, -0.2) is 0 Å². The lowest BCUT2D eigenvalue weighted by molar-refractivity contribution is 0.106. The zero-order valence-electron chi connectivity index (χ0n) is 8.12. The number of aliphatic hydroxyl groups excluding tert-OH is 1. The fourth-order valence-corrected chi connectivity index (χ4v) is 3.04. The molecule has 0 radical (unpaired) electrons. The maximum atomic E-state index is 9.94. The molecule has 0 spiro atoms. The molecule has 2 atom stereocenters. The van der Waals surface area contributed by atoms with Crippen molar-refractivity contribution in [3.05, 3.63) is 33.4 Å². The number of halogens is 1. The van der Waals surface area contributed by atoms with Crippen LogP contribution in [0, 0.1) is 3.57 Å². The van der Waals surface area contributed by atoms with Gasteiger partial charge in [0.25, 0.3) is 0 Å². The Morgan fingerprint density at radius 3 is 2.57 bits per heavy atom. The van der Waals surface area contributed by atoms with Crippen LogP contribution in [0.4, 0.5) is 0 Å². The van der Waals surface area contributed by atoms with Crippen LogP contribution < -0.4 is 0 Å². The van der Waals surface area contributed by atoms with Gasteiger partial charge >= 0.3 is 0 Å². The molecule has 0 aliphatic heterocycles. The zero-order valence-corrected chi connectivity index (χ0v) is 10.3. The predicted molar refractivity (Wildman–Crippen MR) is 66.4 cm³/mol. The smallest absolute Gasteiger partial charge is 0.0609 e. The molecule has 2 unspecified atom stereocenters. The van der Waals surface area contributed by atoms with Crippen molar-refractivity contribution in [1.82, 2.24) is 0 Å². The van der Waals surface area contributed by atoms with Crippen LogP contribution in [-0.2, 0) is 0 Å². The molecule has 14 heavy (non-hydrogen) atoms. The molecule has 1 aliphatic rings. The SMILES string of the molecule is OC1CCCCC1c1ccccc1I. The summed E-state index contributed by atoms with van der Waals surface area (Å²) in [7, 11) is 0. The molecule has 1 aliphatic carbocycles. The van der Waals surface area contributed by atoms with Gasteiger partial charge in [0.2, 0.25) is 0 Å². The molecule has 1 fully saturated rings. The number of benzene rings is 1. The minimum absolute atomic E-state index is 0.125. The Morgan fingerprint density at radius 1 is 1.14 bits per heavy atom. The first-order valence-electron chi connectivity index (χ1n) is 5.21. The highest BCUT2D eigenvalue weighted by Gasteiger charge is 2.25. The number of hydrogen-bond donors (Lipinski definition) is 1. The summed E-state index contributed by atoms with van der Waals surface area (Å²) < 4.78 is 1.29. The van der Waals surface area contributed by atoms with Gasteiger partial charge in [0.1, 0.15) is 0 Å². The summed E-state index contributed by atoms with van der Waals surface area (Å²) in [6, 6.07) is 8.40. The van der Waals surface area contributed by atoms with Gasteiger partial charge in [-0.1, -0.05) is 31.0 Å². The molecule has 0 heterocycles. The highest BCUT2D eigenvalue weighted by Crippen LogP contribution is 2.34. The minimum atomic E-state index is -0.125. The van der Waals surface area contributed by atoms with E-state index in [2.05, 4.69) is 46.9 Å². The van der Waals surface area contributed by atoms with Crippen molar-refractivity contribution in [2.45, 2.75) is 37.7 Å². The van der Waals surface area contributed by atoms with Crippen LogP contribution >= 0.6 is 22.6 Å². The zero-order chi connectivity index (χ0) is 9.97. The molecule has 1 nitrogen and oxygen atoms in total. The van der Waals surface area contributed by atoms with Gasteiger partial charge in [-0.15, -0.1) is 0 Å². The van der Waals surface area contributed by atoms with E-state index in [1.807, 2.05) is 0 Å². The highest BCUT2D eigenvalue weighted by molar-refractivity contribution is 14.1. The lowest BCUT2D eigenvalue weighted by atomic mass is 9.82. The monoisotopic (exact) mass is 302 g/mol. The summed E-state index contributed by atoms with van der Waals surface area (Å²) in [4.78, 5) is 0. The third kappa shape index (κ3) is 2.11. The number of aliphatic hydroxyl groups is 1. The summed E-state index contributed by atoms with van der Waals surface area (Å²) in [5.74, 6) is 0.372. The van der Waals surface area contributed by atoms with E-state index in [0.717, 1.165) is 12.8 Å². The lowest BCUT2D eigenvalue weighted by Gasteiger charge is -2.28. The quantitative estimate of drug-likeness (QED) is 0.789. The second-order valence-corrected chi connectivity index (χ2v) is 5.14. The third-order valence-electron chi connectivity index (χ3n) is 3.03. The van der Waals surface area contributed by atoms with E-state index in [0.29, 0.717) is 5.92 Å². The van der Waals surface area contributed by atoms with Crippen molar-refractivity contribution in [3.8, 4) is 0 Å². The summed E-state index contributed by atoms with van der Waals surface area (Å²) in [6.45, 7) is 0. The molecule has 2 heteroatoms. The first kappa shape index (κ1) is 10.4. The Labute approximate surface area is 98.7 Å². The second-order valence-electron chi connectivity index (χ2n) is 3.98. The predicted octanol–water partition coefficient (Wildman–Crippen LogP) is 3.31. The van der Waals surface area contributed by atoms with E-state index in [9.17, 15) is 5.11 Å². The molecular formula is C12H15IO. The Balaban J connectivity index is 2.25. The van der Waals surface area contributed by atoms with Crippen LogP contribution in [0.15, 0.2) is 24.3 Å². The van der Waals surface area contributed by atoms with Crippen LogP contribution in [0.2, 0.25) is 0 Å². The molecule has 1 saturated carbocycles. The van der Waals surface area contributed by atoms with Crippen molar-refractivity contribution in [2.75, 3.05) is 0 Å². The maximum absolute atomic E-state index is 9.94. The van der Waals surface area contributed by atoms with E-state index in [-0.39, 0.29) is 6.10 Å². The van der Waals surface area contributed by atoms with Crippen molar-refractivity contribution in [3.63, 3.8) is 0 Å². The van der Waals surface area contributed by atoms with Gasteiger partial charge in [0.05, 0.1) is 6.10 Å². The summed E-state index contributed by atoms with van der Waals surface area (Å²) in [6.07, 6.45) is 4.42. The average Bonchev–Trinajstić information content (AvgIpc) is 2.20. The van der Waals surface area contributed by atoms with Crippen molar-refractivity contribution in [1.29, 1.82) is 0 Å². The normalized spacial score (nSPS) is 27.6. The maximum Gasteiger partial charge on any atom is 0.0609 e. The van der Waals surface area contributed by atoms with Crippen LogP contribution in [0.25, 0.3) is 0 Å². The number of rotatable bonds is 1. The Morgan fingerprint density at radius 2 is 1.86 bits per heavy atom. The summed E-state index contributed by atoms with van der Waals surface area (Å²) in [5, 5.41) is 9.94. The lowest BCUT2D eigenvalue weighted by Crippen LogP contribution is -2.23. The fraction of sp³-hybridized carbons (Fsp3) is 0.500. The first-order valence-corrected chi connectivity index (χ1v) is 6.29. The Bertz CT molecular complexity index is 311. The van der Waals surface area contributed by atoms with E-state index >= 15 is 0 Å². The standard InChI is InChI=1S/C12H15IO/c13-11-7-3-1-5-9(11)10-6-2-4-8-12(10)14/h1,3,5,7,10,12,14H,2,4,6,8H2. The molecule has 1 aromatic carbocycles. The van der Waals surface area contributed by atoms with E-state index in [1.54, 1.807) is 0 Å². The van der Waals surface area contributed by atoms with Crippen molar-refractivity contribution < 1.29 is 5.11 Å². The van der Waals surface area contributed by atoms with Crippen LogP contribution in [0.3, 0.4) is 0 Å². The van der Waals surface area contributed by atoms with Crippen LogP contribution in [-0.4, -0.2) is 11.2 Å². The van der Waals surface area contributed by atoms with Gasteiger partial charge in [0.15, 0.2) is 0 Å². The van der Waals surface area contributed by atoms with E-state index in [1.165, 1.54) is 22.0 Å². The topological polar surface area (TPSA) is 20.2 Å². The van der Waals surface area contributed by atoms with Crippen LogP contribution in [0.1, 0.15) is 37.2 Å². The second kappa shape index (κ2) is 4.62. The Kier molecular flexibility index (Phi) is 3.44. The summed E-state index contributed by atoms with van der Waals surface area (Å²) >= 11 is 2.36. The van der Waals surface area contributed by atoms with E-state index in [4.69, 9.17) is 0 Å². The fourth-order valence-electron chi connectivity index (χ4n) is 2.25. The Hall–Kier alpha value is -0.0900. The van der Waals surface area contributed by atoms with Crippen molar-refractivity contribution >= 4 is 22.6 Å². The minimum Gasteiger partial charge on any atom is -0.392 e. The van der Waals surface area contributed by atoms with Gasteiger partial charge in [0, 0.05) is 9.49 Å². The first-order chi connectivity index (χ1) is 6.79. The molecule has 1 N–H and O–H groups in total. The molecule has 0 bridgehead atoms. The third-order valence-corrected chi connectivity index (χ3v) is 4.02. The van der Waals surface area contributed by atoms with E-state index < -0.39 is 0 Å². The molecule has 0 saturated heterocycles. The molecule has 1 aromatic rings. The van der Waals surface area contributed by atoms with Gasteiger partial charge in [-0.2, -0.15) is 0 Å². The molecule has 2 rings (SSSR count). The molecule has 76 valence electrons. The number of hydrogen-bond acceptors (Lipinski definition) is 1. The van der Waals surface area contributed by atoms with Gasteiger partial charge < -0.3 is 5.11 Å². The molecular weight excluding hydrogens is 287 g/mol.